The quantitative estimate of drug-likeness (QED) is 0.365. The van der Waals surface area contributed by atoms with Gasteiger partial charge in [0.25, 0.3) is 0 Å². The molecule has 0 N–H and O–H groups in total. The Morgan fingerprint density at radius 2 is 1.74 bits per heavy atom. The van der Waals surface area contributed by atoms with Gasteiger partial charge in [0.2, 0.25) is 11.6 Å². The smallest absolute Gasteiger partial charge is 0.344 e. The van der Waals surface area contributed by atoms with Crippen LogP contribution < -0.4 is 4.74 Å². The highest BCUT2D eigenvalue weighted by molar-refractivity contribution is 5.90. The standard InChI is InChI=1S/C11H8F4O4/c1-17-11(16)5-6(12)8(14)10(9(15)7(5)13)19-3-4-2-18-4/h4H,2-3H2,1H3. The molecule has 1 heterocycles. The summed E-state index contributed by atoms with van der Waals surface area (Å²) >= 11 is 0. The number of halogens is 4. The maximum atomic E-state index is 13.5. The minimum atomic E-state index is -1.86. The van der Waals surface area contributed by atoms with Crippen molar-refractivity contribution < 1.29 is 36.6 Å². The van der Waals surface area contributed by atoms with Gasteiger partial charge in [-0.05, 0) is 0 Å². The summed E-state index contributed by atoms with van der Waals surface area (Å²) in [7, 11) is 0.825. The minimum Gasteiger partial charge on any atom is -0.485 e. The van der Waals surface area contributed by atoms with Crippen molar-refractivity contribution in [2.75, 3.05) is 20.3 Å². The third-order valence-electron chi connectivity index (χ3n) is 2.43. The van der Waals surface area contributed by atoms with Crippen molar-refractivity contribution in [1.82, 2.24) is 0 Å². The van der Waals surface area contributed by atoms with Crippen LogP contribution in [0, 0.1) is 23.3 Å². The van der Waals surface area contributed by atoms with E-state index in [0.717, 1.165) is 7.11 Å². The number of esters is 1. The molecule has 1 aromatic rings. The van der Waals surface area contributed by atoms with E-state index in [1.54, 1.807) is 0 Å². The highest BCUT2D eigenvalue weighted by atomic mass is 19.2. The zero-order valence-corrected chi connectivity index (χ0v) is 9.64. The van der Waals surface area contributed by atoms with Crippen LogP contribution in [0.2, 0.25) is 0 Å². The van der Waals surface area contributed by atoms with Crippen LogP contribution in [0.25, 0.3) is 0 Å². The first-order valence-electron chi connectivity index (χ1n) is 5.16. The molecular weight excluding hydrogens is 272 g/mol. The second-order valence-electron chi connectivity index (χ2n) is 3.72. The van der Waals surface area contributed by atoms with E-state index < -0.39 is 40.6 Å². The average Bonchev–Trinajstić information content (AvgIpc) is 3.20. The predicted molar refractivity (Wildman–Crippen MR) is 52.8 cm³/mol. The monoisotopic (exact) mass is 280 g/mol. The van der Waals surface area contributed by atoms with Crippen LogP contribution in [0.15, 0.2) is 0 Å². The maximum Gasteiger partial charge on any atom is 0.344 e. The summed E-state index contributed by atoms with van der Waals surface area (Å²) in [4.78, 5) is 11.1. The first kappa shape index (κ1) is 13.6. The Morgan fingerprint density at radius 1 is 1.21 bits per heavy atom. The summed E-state index contributed by atoms with van der Waals surface area (Å²) < 4.78 is 67.4. The van der Waals surface area contributed by atoms with Crippen molar-refractivity contribution in [3.8, 4) is 5.75 Å². The van der Waals surface area contributed by atoms with E-state index >= 15 is 0 Å². The minimum absolute atomic E-state index is 0.246. The van der Waals surface area contributed by atoms with Gasteiger partial charge >= 0.3 is 5.97 Å². The van der Waals surface area contributed by atoms with Gasteiger partial charge in [-0.3, -0.25) is 0 Å². The Kier molecular flexibility index (Phi) is 3.61. The second-order valence-corrected chi connectivity index (χ2v) is 3.72. The van der Waals surface area contributed by atoms with E-state index in [0.29, 0.717) is 6.61 Å². The van der Waals surface area contributed by atoms with Gasteiger partial charge in [-0.1, -0.05) is 0 Å². The van der Waals surface area contributed by atoms with Gasteiger partial charge in [-0.25, -0.2) is 13.6 Å². The molecule has 0 aliphatic carbocycles. The van der Waals surface area contributed by atoms with E-state index in [-0.39, 0.29) is 12.7 Å². The lowest BCUT2D eigenvalue weighted by molar-refractivity contribution is 0.0586. The lowest BCUT2D eigenvalue weighted by Gasteiger charge is -2.11. The van der Waals surface area contributed by atoms with Crippen LogP contribution in [0.1, 0.15) is 10.4 Å². The summed E-state index contributed by atoms with van der Waals surface area (Å²) in [6.07, 6.45) is -0.356. The van der Waals surface area contributed by atoms with Crippen molar-refractivity contribution in [1.29, 1.82) is 0 Å². The van der Waals surface area contributed by atoms with Gasteiger partial charge in [0.15, 0.2) is 17.4 Å². The SMILES string of the molecule is COC(=O)c1c(F)c(F)c(OCC2CO2)c(F)c1F. The molecule has 19 heavy (non-hydrogen) atoms. The van der Waals surface area contributed by atoms with E-state index in [4.69, 9.17) is 4.74 Å². The zero-order chi connectivity index (χ0) is 14.2. The van der Waals surface area contributed by atoms with Crippen LogP contribution in [-0.4, -0.2) is 32.4 Å². The molecule has 0 aromatic heterocycles. The predicted octanol–water partition coefficient (Wildman–Crippen LogP) is 1.81. The molecule has 1 aliphatic heterocycles. The van der Waals surface area contributed by atoms with E-state index in [9.17, 15) is 22.4 Å². The fraction of sp³-hybridized carbons (Fsp3) is 0.364. The van der Waals surface area contributed by atoms with E-state index in [2.05, 4.69) is 9.47 Å². The molecule has 0 amide bonds. The molecule has 2 rings (SSSR count). The summed E-state index contributed by atoms with van der Waals surface area (Å²) in [5.74, 6) is -10.1. The molecule has 0 bridgehead atoms. The molecule has 1 unspecified atom stereocenters. The normalized spacial score (nSPS) is 17.2. The summed E-state index contributed by atoms with van der Waals surface area (Å²) in [5, 5.41) is 0. The van der Waals surface area contributed by atoms with Crippen molar-refractivity contribution in [2.24, 2.45) is 0 Å². The number of ether oxygens (including phenoxy) is 3. The molecule has 0 radical (unpaired) electrons. The van der Waals surface area contributed by atoms with Crippen LogP contribution >= 0.6 is 0 Å². The molecule has 8 heteroatoms. The molecule has 4 nitrogen and oxygen atoms in total. The molecule has 1 saturated heterocycles. The molecule has 1 atom stereocenters. The van der Waals surface area contributed by atoms with Crippen molar-refractivity contribution in [2.45, 2.75) is 6.10 Å². The number of benzene rings is 1. The molecule has 0 saturated carbocycles. The van der Waals surface area contributed by atoms with Crippen LogP contribution in [-0.2, 0) is 9.47 Å². The topological polar surface area (TPSA) is 48.1 Å². The molecule has 1 aliphatic rings. The fourth-order valence-corrected chi connectivity index (χ4v) is 1.36. The van der Waals surface area contributed by atoms with Gasteiger partial charge in [-0.2, -0.15) is 8.78 Å². The zero-order valence-electron chi connectivity index (χ0n) is 9.64. The Balaban J connectivity index is 2.42. The Bertz CT molecular complexity index is 499. The van der Waals surface area contributed by atoms with Crippen LogP contribution in [0.3, 0.4) is 0 Å². The third kappa shape index (κ3) is 2.48. The highest BCUT2D eigenvalue weighted by Gasteiger charge is 2.32. The van der Waals surface area contributed by atoms with Crippen molar-refractivity contribution >= 4 is 5.97 Å². The maximum absolute atomic E-state index is 13.5. The summed E-state index contributed by atoms with van der Waals surface area (Å²) in [6, 6.07) is 0. The van der Waals surface area contributed by atoms with Crippen molar-refractivity contribution in [3.63, 3.8) is 0 Å². The lowest BCUT2D eigenvalue weighted by Crippen LogP contribution is -2.15. The number of methoxy groups -OCH3 is 1. The number of epoxide rings is 1. The number of rotatable bonds is 4. The Hall–Kier alpha value is -1.83. The number of carbonyl (C=O) groups excluding carboxylic acids is 1. The molecule has 1 aromatic carbocycles. The van der Waals surface area contributed by atoms with Gasteiger partial charge in [-0.15, -0.1) is 0 Å². The second kappa shape index (κ2) is 5.04. The summed E-state index contributed by atoms with van der Waals surface area (Å²) in [6.45, 7) is 0.0960. The van der Waals surface area contributed by atoms with Gasteiger partial charge in [0.1, 0.15) is 18.3 Å². The highest BCUT2D eigenvalue weighted by Crippen LogP contribution is 2.31. The van der Waals surface area contributed by atoms with Gasteiger partial charge in [0.05, 0.1) is 13.7 Å². The Morgan fingerprint density at radius 3 is 2.16 bits per heavy atom. The Labute approximate surface area is 104 Å². The van der Waals surface area contributed by atoms with Crippen molar-refractivity contribution in [3.05, 3.63) is 28.8 Å². The number of hydrogen-bond acceptors (Lipinski definition) is 4. The molecular formula is C11H8F4O4. The first-order valence-corrected chi connectivity index (χ1v) is 5.16. The molecule has 0 spiro atoms. The molecule has 104 valence electrons. The van der Waals surface area contributed by atoms with Gasteiger partial charge in [0, 0.05) is 0 Å². The van der Waals surface area contributed by atoms with Gasteiger partial charge < -0.3 is 14.2 Å². The average molecular weight is 280 g/mol. The van der Waals surface area contributed by atoms with E-state index in [1.807, 2.05) is 0 Å². The third-order valence-corrected chi connectivity index (χ3v) is 2.43. The summed E-state index contributed by atoms with van der Waals surface area (Å²) in [5.41, 5.74) is -1.44. The first-order chi connectivity index (χ1) is 8.97. The van der Waals surface area contributed by atoms with Crippen LogP contribution in [0.5, 0.6) is 5.75 Å². The largest absolute Gasteiger partial charge is 0.485 e. The molecule has 1 fully saturated rings. The van der Waals surface area contributed by atoms with Crippen LogP contribution in [0.4, 0.5) is 17.6 Å². The number of carbonyl (C=O) groups is 1. The number of hydrogen-bond donors (Lipinski definition) is 0. The lowest BCUT2D eigenvalue weighted by atomic mass is 10.1. The van der Waals surface area contributed by atoms with E-state index in [1.165, 1.54) is 0 Å². The fourth-order valence-electron chi connectivity index (χ4n) is 1.36.